The zero-order chi connectivity index (χ0) is 19.9. The van der Waals surface area contributed by atoms with E-state index in [1.54, 1.807) is 0 Å². The molecule has 1 fully saturated rings. The van der Waals surface area contributed by atoms with Crippen LogP contribution in [0.2, 0.25) is 0 Å². The van der Waals surface area contributed by atoms with Crippen LogP contribution in [0.4, 0.5) is 28.8 Å². The van der Waals surface area contributed by atoms with Crippen molar-refractivity contribution in [3.05, 3.63) is 50.7 Å². The average molecular weight is 389 g/mol. The maximum absolute atomic E-state index is 11.2. The van der Waals surface area contributed by atoms with Crippen molar-refractivity contribution < 1.29 is 14.6 Å². The molecule has 2 N–H and O–H groups in total. The molecular weight excluding hydrogens is 370 g/mol. The monoisotopic (exact) mass is 389 g/mol. The Morgan fingerprint density at radius 1 is 1.11 bits per heavy atom. The number of nitrogens with zero attached hydrogens (tertiary/aromatic N) is 5. The fourth-order valence-corrected chi connectivity index (χ4v) is 2.64. The number of hydrogen-bond donors (Lipinski definition) is 2. The number of aromatic nitrogens is 2. The second-order valence-corrected chi connectivity index (χ2v) is 5.99. The van der Waals surface area contributed by atoms with Gasteiger partial charge in [-0.25, -0.2) is 4.98 Å². The van der Waals surface area contributed by atoms with Crippen LogP contribution in [0.25, 0.3) is 0 Å². The van der Waals surface area contributed by atoms with Gasteiger partial charge in [0.15, 0.2) is 0 Å². The fourth-order valence-electron chi connectivity index (χ4n) is 2.64. The Bertz CT molecular complexity index is 840. The van der Waals surface area contributed by atoms with Crippen molar-refractivity contribution in [1.82, 2.24) is 14.9 Å². The number of ether oxygens (including phenoxy) is 1. The van der Waals surface area contributed by atoms with Gasteiger partial charge in [-0.05, 0) is 12.1 Å². The van der Waals surface area contributed by atoms with Gasteiger partial charge in [-0.3, -0.25) is 25.1 Å². The molecule has 0 spiro atoms. The van der Waals surface area contributed by atoms with Crippen molar-refractivity contribution in [2.75, 3.05) is 50.0 Å². The summed E-state index contributed by atoms with van der Waals surface area (Å²) in [6.45, 7) is 4.48. The van der Waals surface area contributed by atoms with Crippen LogP contribution >= 0.6 is 0 Å². The first-order valence-corrected chi connectivity index (χ1v) is 8.60. The Balaban J connectivity index is 1.68. The molecule has 12 nitrogen and oxygen atoms in total. The maximum Gasteiger partial charge on any atom is 0.329 e. The van der Waals surface area contributed by atoms with Crippen LogP contribution in [0.5, 0.6) is 0 Å². The fraction of sp³-hybridized carbons (Fsp3) is 0.375. The van der Waals surface area contributed by atoms with E-state index < -0.39 is 9.85 Å². The maximum atomic E-state index is 11.2. The van der Waals surface area contributed by atoms with E-state index in [0.29, 0.717) is 25.4 Å². The first-order valence-electron chi connectivity index (χ1n) is 8.60. The van der Waals surface area contributed by atoms with Gasteiger partial charge >= 0.3 is 5.69 Å². The Morgan fingerprint density at radius 2 is 1.82 bits per heavy atom. The number of morpholine rings is 1. The minimum Gasteiger partial charge on any atom is -0.379 e. The molecule has 0 atom stereocenters. The van der Waals surface area contributed by atoms with Crippen molar-refractivity contribution in [2.45, 2.75) is 0 Å². The summed E-state index contributed by atoms with van der Waals surface area (Å²) in [6.07, 6.45) is 1.12. The summed E-state index contributed by atoms with van der Waals surface area (Å²) >= 11 is 0. The molecule has 148 valence electrons. The second-order valence-electron chi connectivity index (χ2n) is 5.99. The van der Waals surface area contributed by atoms with Gasteiger partial charge in [0.1, 0.15) is 6.20 Å². The second kappa shape index (κ2) is 9.01. The molecule has 1 saturated heterocycles. The molecule has 1 aliphatic rings. The highest BCUT2D eigenvalue weighted by atomic mass is 16.6. The summed E-state index contributed by atoms with van der Waals surface area (Å²) in [7, 11) is 0. The molecule has 2 heterocycles. The number of anilines is 3. The lowest BCUT2D eigenvalue weighted by molar-refractivity contribution is -0.384. The first kappa shape index (κ1) is 19.4. The quantitative estimate of drug-likeness (QED) is 0.505. The van der Waals surface area contributed by atoms with Gasteiger partial charge in [0.2, 0.25) is 11.8 Å². The molecule has 0 unspecified atom stereocenters. The predicted molar refractivity (Wildman–Crippen MR) is 101 cm³/mol. The normalized spacial score (nSPS) is 14.4. The Labute approximate surface area is 159 Å². The van der Waals surface area contributed by atoms with E-state index in [1.807, 2.05) is 0 Å². The van der Waals surface area contributed by atoms with E-state index in [1.165, 1.54) is 24.3 Å². The molecule has 0 bridgehead atoms. The SMILES string of the molecule is O=[N+]([O-])c1ccc(Nc2nc(NCCN3CCOCC3)ncc2[N+](=O)[O-])cc1. The lowest BCUT2D eigenvalue weighted by Crippen LogP contribution is -2.39. The van der Waals surface area contributed by atoms with Crippen molar-refractivity contribution in [1.29, 1.82) is 0 Å². The molecular formula is C16H19N7O5. The van der Waals surface area contributed by atoms with Crippen LogP contribution in [-0.2, 0) is 4.74 Å². The Kier molecular flexibility index (Phi) is 6.24. The molecule has 28 heavy (non-hydrogen) atoms. The zero-order valence-corrected chi connectivity index (χ0v) is 14.9. The van der Waals surface area contributed by atoms with E-state index in [4.69, 9.17) is 4.74 Å². The molecule has 3 rings (SSSR count). The summed E-state index contributed by atoms with van der Waals surface area (Å²) < 4.78 is 5.30. The Morgan fingerprint density at radius 3 is 2.46 bits per heavy atom. The first-order chi connectivity index (χ1) is 13.5. The van der Waals surface area contributed by atoms with Gasteiger partial charge in [0, 0.05) is 44.0 Å². The molecule has 0 saturated carbocycles. The number of nitro benzene ring substituents is 1. The standard InChI is InChI=1S/C16H19N7O5/c24-22(25)13-3-1-12(2-4-13)19-15-14(23(26)27)11-18-16(20-15)17-5-6-21-7-9-28-10-8-21/h1-4,11H,5-10H2,(H2,17,18,19,20). The van der Waals surface area contributed by atoms with E-state index in [-0.39, 0.29) is 23.1 Å². The van der Waals surface area contributed by atoms with Crippen molar-refractivity contribution >= 4 is 28.8 Å². The molecule has 12 heteroatoms. The minimum absolute atomic E-state index is 0.00252. The zero-order valence-electron chi connectivity index (χ0n) is 14.9. The summed E-state index contributed by atoms with van der Waals surface area (Å²) in [4.78, 5) is 31.3. The molecule has 2 aromatic rings. The molecule has 0 radical (unpaired) electrons. The van der Waals surface area contributed by atoms with E-state index in [9.17, 15) is 20.2 Å². The van der Waals surface area contributed by atoms with Crippen LogP contribution in [-0.4, -0.2) is 64.1 Å². The van der Waals surface area contributed by atoms with Crippen molar-refractivity contribution in [2.24, 2.45) is 0 Å². The summed E-state index contributed by atoms with van der Waals surface area (Å²) in [5, 5.41) is 27.8. The molecule has 0 aliphatic carbocycles. The number of benzene rings is 1. The predicted octanol–water partition coefficient (Wildman–Crippen LogP) is 1.78. The lowest BCUT2D eigenvalue weighted by Gasteiger charge is -2.26. The van der Waals surface area contributed by atoms with Gasteiger partial charge in [0.25, 0.3) is 5.69 Å². The average Bonchev–Trinajstić information content (AvgIpc) is 2.69. The van der Waals surface area contributed by atoms with Crippen LogP contribution < -0.4 is 10.6 Å². The van der Waals surface area contributed by atoms with Gasteiger partial charge in [-0.15, -0.1) is 0 Å². The van der Waals surface area contributed by atoms with Gasteiger partial charge < -0.3 is 15.4 Å². The van der Waals surface area contributed by atoms with Crippen LogP contribution in [0.1, 0.15) is 0 Å². The number of nitro groups is 2. The smallest absolute Gasteiger partial charge is 0.329 e. The van der Waals surface area contributed by atoms with Crippen molar-refractivity contribution in [3.8, 4) is 0 Å². The van der Waals surface area contributed by atoms with E-state index >= 15 is 0 Å². The van der Waals surface area contributed by atoms with Crippen LogP contribution in [0, 0.1) is 20.2 Å². The number of hydrogen-bond acceptors (Lipinski definition) is 10. The molecule has 0 amide bonds. The largest absolute Gasteiger partial charge is 0.379 e. The third-order valence-corrected chi connectivity index (χ3v) is 4.12. The van der Waals surface area contributed by atoms with Crippen LogP contribution in [0.3, 0.4) is 0 Å². The Hall–Kier alpha value is -3.38. The number of non-ortho nitro benzene ring substituents is 1. The summed E-state index contributed by atoms with van der Waals surface area (Å²) in [5.41, 5.74) is 0.0666. The summed E-state index contributed by atoms with van der Waals surface area (Å²) in [5.74, 6) is 0.256. The van der Waals surface area contributed by atoms with Crippen LogP contribution in [0.15, 0.2) is 30.5 Å². The van der Waals surface area contributed by atoms with Gasteiger partial charge in [-0.1, -0.05) is 0 Å². The highest BCUT2D eigenvalue weighted by molar-refractivity contribution is 5.66. The molecule has 1 aliphatic heterocycles. The number of rotatable bonds is 8. The number of nitrogens with one attached hydrogen (secondary N) is 2. The highest BCUT2D eigenvalue weighted by Gasteiger charge is 2.18. The highest BCUT2D eigenvalue weighted by Crippen LogP contribution is 2.26. The third-order valence-electron chi connectivity index (χ3n) is 4.12. The molecule has 1 aromatic carbocycles. The van der Waals surface area contributed by atoms with Gasteiger partial charge in [-0.2, -0.15) is 4.98 Å². The summed E-state index contributed by atoms with van der Waals surface area (Å²) in [6, 6.07) is 5.51. The van der Waals surface area contributed by atoms with E-state index in [0.717, 1.165) is 25.8 Å². The molecule has 1 aromatic heterocycles. The topological polar surface area (TPSA) is 149 Å². The van der Waals surface area contributed by atoms with Crippen molar-refractivity contribution in [3.63, 3.8) is 0 Å². The lowest BCUT2D eigenvalue weighted by atomic mass is 10.3. The van der Waals surface area contributed by atoms with E-state index in [2.05, 4.69) is 25.5 Å². The minimum atomic E-state index is -0.592. The third kappa shape index (κ3) is 5.08. The van der Waals surface area contributed by atoms with Gasteiger partial charge in [0.05, 0.1) is 23.1 Å².